The molecule has 0 unspecified atom stereocenters. The average Bonchev–Trinajstić information content (AvgIpc) is 3.71. The number of ether oxygens (including phenoxy) is 6. The molecule has 0 aromatic rings. The van der Waals surface area contributed by atoms with Gasteiger partial charge < -0.3 is 74.4 Å². The molecule has 0 amide bonds. The molecule has 8 fully saturated rings. The largest absolute Gasteiger partial charge is 0.394 e. The normalized spacial score (nSPS) is 57.3. The van der Waals surface area contributed by atoms with Gasteiger partial charge in [0.25, 0.3) is 0 Å². The summed E-state index contributed by atoms with van der Waals surface area (Å²) in [6.45, 7) is 11.4. The first-order chi connectivity index (χ1) is 29.0. The highest BCUT2D eigenvalue weighted by molar-refractivity contribution is 5.27. The second-order valence-electron chi connectivity index (χ2n) is 21.2. The number of fused-ring (bicyclic) bond motifs is 9. The number of aliphatic hydroxyl groups excluding tert-OH is 9. The molecule has 5 heterocycles. The molecule has 0 aromatic carbocycles. The number of piperidine rings is 1. The molecule has 16 heteroatoms. The fraction of sp³-hybridized carbons (Fsp3) is 0.956. The Morgan fingerprint density at radius 3 is 2.05 bits per heavy atom. The second-order valence-corrected chi connectivity index (χ2v) is 21.2. The molecule has 9 rings (SSSR count). The Bertz CT molecular complexity index is 1590. The molecule has 0 radical (unpaired) electrons. The van der Waals surface area contributed by atoms with E-state index in [1.807, 2.05) is 0 Å². The van der Waals surface area contributed by atoms with Crippen molar-refractivity contribution in [1.29, 1.82) is 0 Å². The van der Waals surface area contributed by atoms with Crippen LogP contribution < -0.4 is 0 Å². The minimum atomic E-state index is -1.83. The van der Waals surface area contributed by atoms with Crippen molar-refractivity contribution < 1.29 is 74.4 Å². The van der Waals surface area contributed by atoms with E-state index in [1.54, 1.807) is 0 Å². The van der Waals surface area contributed by atoms with Crippen LogP contribution in [0.1, 0.15) is 92.4 Å². The molecule has 0 bridgehead atoms. The Balaban J connectivity index is 0.952. The fourth-order valence-corrected chi connectivity index (χ4v) is 14.7. The highest BCUT2D eigenvalue weighted by Crippen LogP contribution is 2.70. The Hall–Kier alpha value is -0.900. The van der Waals surface area contributed by atoms with E-state index in [1.165, 1.54) is 51.1 Å². The predicted octanol–water partition coefficient (Wildman–Crippen LogP) is 0.155. The molecule has 3 saturated carbocycles. The Labute approximate surface area is 359 Å². The van der Waals surface area contributed by atoms with Crippen molar-refractivity contribution in [2.24, 2.45) is 46.3 Å². The van der Waals surface area contributed by atoms with Gasteiger partial charge in [-0.15, -0.1) is 0 Å². The lowest BCUT2D eigenvalue weighted by atomic mass is 9.47. The van der Waals surface area contributed by atoms with Gasteiger partial charge in [-0.2, -0.15) is 0 Å². The average molecular weight is 868 g/mol. The number of allylic oxidation sites excluding steroid dienone is 1. The molecule has 4 aliphatic carbocycles. The van der Waals surface area contributed by atoms with Gasteiger partial charge in [0.1, 0.15) is 67.1 Å². The highest BCUT2D eigenvalue weighted by atomic mass is 16.8. The maximum Gasteiger partial charge on any atom is 0.187 e. The van der Waals surface area contributed by atoms with Crippen LogP contribution in [0.2, 0.25) is 0 Å². The quantitative estimate of drug-likeness (QED) is 0.148. The van der Waals surface area contributed by atoms with E-state index in [0.717, 1.165) is 36.6 Å². The zero-order chi connectivity index (χ0) is 43.4. The van der Waals surface area contributed by atoms with Crippen LogP contribution in [0.5, 0.6) is 0 Å². The lowest BCUT2D eigenvalue weighted by Gasteiger charge is -2.58. The standard InChI is InChI=1S/C45H73NO15/c1-19-6-9-27-20(2)31-28(46(27)16-19)15-26-24-8-7-22-14-23(10-12-44(22,4)25(24)11-13-45(26,31)5)57-43-40(61-41-37(54)35(52)32(49)21(3)56-41)39(34(51)30(18-48)59-43)60-42-38(55)36(53)33(50)29(17-47)58-42/h7,19-21,23-43,47-55H,6,8-18H2,1-5H3/t19-,20+,21+,23-,24+,25-,26-,27-,28-,29+,30+,31-,32-,33+,34+,35+,36-,37+,38+,39-,40+,41-,42-,43+,44-,45-/m0/s1. The van der Waals surface area contributed by atoms with Gasteiger partial charge in [-0.3, -0.25) is 4.90 Å². The summed E-state index contributed by atoms with van der Waals surface area (Å²) in [5.74, 6) is 4.15. The Morgan fingerprint density at radius 2 is 1.33 bits per heavy atom. The number of aliphatic hydroxyl groups is 9. The summed E-state index contributed by atoms with van der Waals surface area (Å²) >= 11 is 0. The first kappa shape index (κ1) is 45.3. The summed E-state index contributed by atoms with van der Waals surface area (Å²) in [7, 11) is 0. The summed E-state index contributed by atoms with van der Waals surface area (Å²) in [5.41, 5.74) is 1.72. The van der Waals surface area contributed by atoms with Crippen molar-refractivity contribution in [3.8, 4) is 0 Å². The number of nitrogens with zero attached hydrogens (tertiary/aromatic N) is 1. The Morgan fingerprint density at radius 1 is 0.672 bits per heavy atom. The molecule has 0 aromatic heterocycles. The van der Waals surface area contributed by atoms with Gasteiger partial charge in [0, 0.05) is 18.6 Å². The van der Waals surface area contributed by atoms with E-state index < -0.39 is 105 Å². The van der Waals surface area contributed by atoms with Crippen LogP contribution in [-0.4, -0.2) is 181 Å². The molecular weight excluding hydrogens is 794 g/mol. The van der Waals surface area contributed by atoms with E-state index >= 15 is 0 Å². The summed E-state index contributed by atoms with van der Waals surface area (Å²) < 4.78 is 36.8. The van der Waals surface area contributed by atoms with Crippen molar-refractivity contribution in [1.82, 2.24) is 4.90 Å². The van der Waals surface area contributed by atoms with Crippen LogP contribution in [0.4, 0.5) is 0 Å². The monoisotopic (exact) mass is 867 g/mol. The first-order valence-electron chi connectivity index (χ1n) is 23.4. The molecule has 9 aliphatic rings. The molecule has 16 nitrogen and oxygen atoms in total. The molecule has 61 heavy (non-hydrogen) atoms. The smallest absolute Gasteiger partial charge is 0.187 e. The van der Waals surface area contributed by atoms with Crippen LogP contribution >= 0.6 is 0 Å². The lowest BCUT2D eigenvalue weighted by molar-refractivity contribution is -0.394. The van der Waals surface area contributed by atoms with Gasteiger partial charge in [-0.1, -0.05) is 39.3 Å². The lowest BCUT2D eigenvalue weighted by Crippen LogP contribution is -2.67. The van der Waals surface area contributed by atoms with Gasteiger partial charge in [-0.05, 0) is 111 Å². The van der Waals surface area contributed by atoms with E-state index in [9.17, 15) is 46.0 Å². The molecule has 26 atom stereocenters. The highest BCUT2D eigenvalue weighted by Gasteiger charge is 2.66. The molecule has 5 saturated heterocycles. The first-order valence-corrected chi connectivity index (χ1v) is 23.4. The van der Waals surface area contributed by atoms with Crippen molar-refractivity contribution in [3.05, 3.63) is 11.6 Å². The van der Waals surface area contributed by atoms with Gasteiger partial charge >= 0.3 is 0 Å². The predicted molar refractivity (Wildman–Crippen MR) is 215 cm³/mol. The van der Waals surface area contributed by atoms with Crippen molar-refractivity contribution in [2.45, 2.75) is 203 Å². The third-order valence-corrected chi connectivity index (χ3v) is 18.0. The molecule has 5 aliphatic heterocycles. The maximum atomic E-state index is 11.6. The third-order valence-electron chi connectivity index (χ3n) is 18.0. The minimum Gasteiger partial charge on any atom is -0.394 e. The van der Waals surface area contributed by atoms with Crippen LogP contribution in [0.25, 0.3) is 0 Å². The van der Waals surface area contributed by atoms with Gasteiger partial charge in [0.15, 0.2) is 18.9 Å². The zero-order valence-electron chi connectivity index (χ0n) is 36.3. The van der Waals surface area contributed by atoms with E-state index in [4.69, 9.17) is 28.4 Å². The van der Waals surface area contributed by atoms with Crippen LogP contribution in [0, 0.1) is 46.3 Å². The number of hydrogen-bond acceptors (Lipinski definition) is 16. The minimum absolute atomic E-state index is 0.00462. The second kappa shape index (κ2) is 17.1. The van der Waals surface area contributed by atoms with E-state index in [-0.39, 0.29) is 11.5 Å². The Kier molecular flexibility index (Phi) is 12.7. The van der Waals surface area contributed by atoms with Crippen LogP contribution in [0.15, 0.2) is 11.6 Å². The fourth-order valence-electron chi connectivity index (χ4n) is 14.7. The van der Waals surface area contributed by atoms with Crippen molar-refractivity contribution in [2.75, 3.05) is 19.8 Å². The van der Waals surface area contributed by atoms with Crippen molar-refractivity contribution >= 4 is 0 Å². The van der Waals surface area contributed by atoms with Gasteiger partial charge in [0.2, 0.25) is 0 Å². The van der Waals surface area contributed by atoms with Gasteiger partial charge in [0.05, 0.1) is 25.4 Å². The zero-order valence-corrected chi connectivity index (χ0v) is 36.3. The summed E-state index contributed by atoms with van der Waals surface area (Å²) in [6.07, 6.45) is -11.1. The summed E-state index contributed by atoms with van der Waals surface area (Å²) in [6, 6.07) is 1.43. The number of hydrogen-bond donors (Lipinski definition) is 9. The van der Waals surface area contributed by atoms with Crippen LogP contribution in [0.3, 0.4) is 0 Å². The maximum absolute atomic E-state index is 11.6. The summed E-state index contributed by atoms with van der Waals surface area (Å²) in [4.78, 5) is 2.94. The third kappa shape index (κ3) is 7.42. The molecular formula is C45H73NO15. The molecule has 9 N–H and O–H groups in total. The van der Waals surface area contributed by atoms with Crippen LogP contribution in [-0.2, 0) is 28.4 Å². The van der Waals surface area contributed by atoms with E-state index in [0.29, 0.717) is 42.1 Å². The van der Waals surface area contributed by atoms with E-state index in [2.05, 4.69) is 38.7 Å². The molecule has 0 spiro atoms. The van der Waals surface area contributed by atoms with Crippen molar-refractivity contribution in [3.63, 3.8) is 0 Å². The topological polar surface area (TPSA) is 241 Å². The summed E-state index contributed by atoms with van der Waals surface area (Å²) in [5, 5.41) is 95.8. The SMILES string of the molecule is C[C@H]1CC[C@H]2[C@@H](C)[C@H]3[C@H](C[C@H]4[C@@H]5CC=C6C[C@@H](O[C@@H]7O[C@H](CO)[C@@H](O)[C@H](O[C@@H]8O[C@H](CO)[C@@H](O)[C@H](O)[C@H]8O)[C@H]7O[C@@H]7O[C@H](C)[C@H](O)[C@@H](O)[C@H]7O)CC[C@]6(C)[C@H]5CC[C@]34C)N2C1. The van der Waals surface area contributed by atoms with Gasteiger partial charge in [-0.25, -0.2) is 0 Å². The molecule has 348 valence electrons. The number of rotatable bonds is 8.